The van der Waals surface area contributed by atoms with Gasteiger partial charge in [0.1, 0.15) is 12.2 Å². The normalized spacial score (nSPS) is 11.1. The Morgan fingerprint density at radius 3 is 2.65 bits per heavy atom. The van der Waals surface area contributed by atoms with Gasteiger partial charge in [-0.2, -0.15) is 0 Å². The Balaban J connectivity index is 1.77. The summed E-state index contributed by atoms with van der Waals surface area (Å²) in [6.07, 6.45) is -0.483. The number of benzene rings is 1. The van der Waals surface area contributed by atoms with Crippen molar-refractivity contribution in [3.63, 3.8) is 0 Å². The highest BCUT2D eigenvalue weighted by atomic mass is 16.6. The molecule has 1 heterocycles. The van der Waals surface area contributed by atoms with Crippen LogP contribution in [0.15, 0.2) is 34.9 Å². The predicted octanol–water partition coefficient (Wildman–Crippen LogP) is 2.83. The molecule has 0 spiro atoms. The number of hydrogen-bond donors (Lipinski definition) is 2. The number of ether oxygens (including phenoxy) is 2. The molecule has 0 saturated carbocycles. The predicted molar refractivity (Wildman–Crippen MR) is 86.1 cm³/mol. The quantitative estimate of drug-likeness (QED) is 0.649. The van der Waals surface area contributed by atoms with Crippen LogP contribution < -0.4 is 15.8 Å². The van der Waals surface area contributed by atoms with Gasteiger partial charge in [-0.3, -0.25) is 0 Å². The minimum absolute atomic E-state index is 0.257. The molecule has 2 aromatic rings. The zero-order valence-corrected chi connectivity index (χ0v) is 13.5. The minimum Gasteiger partial charge on any atom is -0.474 e. The summed E-state index contributed by atoms with van der Waals surface area (Å²) in [7, 11) is 0. The van der Waals surface area contributed by atoms with Crippen LogP contribution >= 0.6 is 0 Å². The smallest absolute Gasteiger partial charge is 0.407 e. The maximum Gasteiger partial charge on any atom is 0.407 e. The van der Waals surface area contributed by atoms with Gasteiger partial charge in [-0.15, -0.1) is 0 Å². The first-order chi connectivity index (χ1) is 10.8. The molecule has 0 saturated heterocycles. The molecule has 1 amide bonds. The Labute approximate surface area is 134 Å². The van der Waals surface area contributed by atoms with Crippen LogP contribution in [0, 0.1) is 0 Å². The van der Waals surface area contributed by atoms with Gasteiger partial charge in [-0.05, 0) is 50.2 Å². The first-order valence-corrected chi connectivity index (χ1v) is 7.26. The topological polar surface area (TPSA) is 99.6 Å². The molecule has 0 atom stereocenters. The largest absolute Gasteiger partial charge is 0.474 e. The number of rotatable bonds is 5. The fourth-order valence-corrected chi connectivity index (χ4v) is 1.73. The number of nitrogens with zero attached hydrogens (tertiary/aromatic N) is 1. The molecule has 23 heavy (non-hydrogen) atoms. The molecule has 0 fully saturated rings. The lowest BCUT2D eigenvalue weighted by Gasteiger charge is -2.19. The van der Waals surface area contributed by atoms with Gasteiger partial charge >= 0.3 is 6.09 Å². The van der Waals surface area contributed by atoms with Crippen LogP contribution in [0.3, 0.4) is 0 Å². The van der Waals surface area contributed by atoms with E-state index in [-0.39, 0.29) is 6.61 Å². The second-order valence-electron chi connectivity index (χ2n) is 5.93. The number of hydrogen-bond acceptors (Lipinski definition) is 6. The number of nitrogens with one attached hydrogen (secondary N) is 1. The van der Waals surface area contributed by atoms with Crippen molar-refractivity contribution in [1.29, 1.82) is 0 Å². The lowest BCUT2D eigenvalue weighted by molar-refractivity contribution is 0.0519. The summed E-state index contributed by atoms with van der Waals surface area (Å²) in [5.41, 5.74) is 6.65. The highest BCUT2D eigenvalue weighted by Crippen LogP contribution is 2.24. The Morgan fingerprint density at radius 2 is 2.00 bits per heavy atom. The zero-order valence-electron chi connectivity index (χ0n) is 13.5. The Morgan fingerprint density at radius 1 is 1.30 bits per heavy atom. The van der Waals surface area contributed by atoms with E-state index in [1.54, 1.807) is 39.0 Å². The number of anilines is 1. The summed E-state index contributed by atoms with van der Waals surface area (Å²) < 4.78 is 15.7. The third kappa shape index (κ3) is 5.54. The van der Waals surface area contributed by atoms with Crippen molar-refractivity contribution in [3.8, 4) is 17.2 Å². The van der Waals surface area contributed by atoms with Gasteiger partial charge in [-0.1, -0.05) is 0 Å². The summed E-state index contributed by atoms with van der Waals surface area (Å²) in [5.74, 6) is 0.933. The molecule has 3 N–H and O–H groups in total. The summed E-state index contributed by atoms with van der Waals surface area (Å²) >= 11 is 0. The summed E-state index contributed by atoms with van der Waals surface area (Å²) in [6.45, 7) is 5.97. The van der Waals surface area contributed by atoms with Gasteiger partial charge in [0.2, 0.25) is 0 Å². The van der Waals surface area contributed by atoms with Crippen LogP contribution in [-0.2, 0) is 4.74 Å². The first kappa shape index (κ1) is 16.7. The Kier molecular flexibility index (Phi) is 5.10. The van der Waals surface area contributed by atoms with Crippen molar-refractivity contribution in [2.24, 2.45) is 0 Å². The number of nitrogens with two attached hydrogens (primary N) is 1. The van der Waals surface area contributed by atoms with Crippen LogP contribution in [0.2, 0.25) is 0 Å². The van der Waals surface area contributed by atoms with Crippen molar-refractivity contribution in [2.45, 2.75) is 26.4 Å². The van der Waals surface area contributed by atoms with Crippen molar-refractivity contribution >= 4 is 11.8 Å². The summed E-state index contributed by atoms with van der Waals surface area (Å²) in [6, 6.07) is 8.92. The van der Waals surface area contributed by atoms with E-state index in [4.69, 9.17) is 19.7 Å². The maximum atomic E-state index is 11.5. The third-order valence-corrected chi connectivity index (χ3v) is 2.70. The third-order valence-electron chi connectivity index (χ3n) is 2.70. The van der Waals surface area contributed by atoms with E-state index in [1.165, 1.54) is 0 Å². The fourth-order valence-electron chi connectivity index (χ4n) is 1.73. The van der Waals surface area contributed by atoms with Crippen LogP contribution in [0.4, 0.5) is 10.5 Å². The van der Waals surface area contributed by atoms with E-state index < -0.39 is 11.7 Å². The minimum atomic E-state index is -0.523. The van der Waals surface area contributed by atoms with Gasteiger partial charge in [0.15, 0.2) is 5.76 Å². The van der Waals surface area contributed by atoms with Crippen LogP contribution in [0.25, 0.3) is 11.3 Å². The number of carbonyl (C=O) groups is 1. The molecule has 1 aromatic heterocycles. The van der Waals surface area contributed by atoms with Gasteiger partial charge in [0, 0.05) is 17.3 Å². The molecular formula is C16H21N3O4. The van der Waals surface area contributed by atoms with Crippen molar-refractivity contribution in [1.82, 2.24) is 10.5 Å². The van der Waals surface area contributed by atoms with Crippen LogP contribution in [-0.4, -0.2) is 30.0 Å². The second kappa shape index (κ2) is 7.04. The molecule has 0 aliphatic carbocycles. The lowest BCUT2D eigenvalue weighted by atomic mass is 10.1. The molecule has 1 aromatic carbocycles. The Hall–Kier alpha value is -2.70. The maximum absolute atomic E-state index is 11.5. The fraction of sp³-hybridized carbons (Fsp3) is 0.375. The van der Waals surface area contributed by atoms with E-state index >= 15 is 0 Å². The van der Waals surface area contributed by atoms with Gasteiger partial charge in [-0.25, -0.2) is 4.79 Å². The monoisotopic (exact) mass is 319 g/mol. The summed E-state index contributed by atoms with van der Waals surface area (Å²) in [4.78, 5) is 11.5. The average molecular weight is 319 g/mol. The standard InChI is InChI=1S/C16H21N3O4/c1-16(2,3)22-15(20)18-8-9-21-14-10-13(23-19-14)11-4-6-12(17)7-5-11/h4-7,10H,8-9,17H2,1-3H3,(H,18,20). The van der Waals surface area contributed by atoms with E-state index in [9.17, 15) is 4.79 Å². The zero-order chi connectivity index (χ0) is 16.9. The van der Waals surface area contributed by atoms with E-state index in [1.807, 2.05) is 12.1 Å². The van der Waals surface area contributed by atoms with E-state index in [0.29, 0.717) is 23.9 Å². The molecule has 0 aliphatic heterocycles. The average Bonchev–Trinajstić information content (AvgIpc) is 2.91. The molecular weight excluding hydrogens is 298 g/mol. The number of carbonyl (C=O) groups excluding carboxylic acids is 1. The van der Waals surface area contributed by atoms with Crippen molar-refractivity contribution in [3.05, 3.63) is 30.3 Å². The van der Waals surface area contributed by atoms with Crippen LogP contribution in [0.1, 0.15) is 20.8 Å². The molecule has 0 unspecified atom stereocenters. The molecule has 0 aliphatic rings. The number of aromatic nitrogens is 1. The molecule has 2 rings (SSSR count). The SMILES string of the molecule is CC(C)(C)OC(=O)NCCOc1cc(-c2ccc(N)cc2)on1. The Bertz CT molecular complexity index is 644. The molecule has 124 valence electrons. The highest BCUT2D eigenvalue weighted by molar-refractivity contribution is 5.67. The number of amides is 1. The van der Waals surface area contributed by atoms with E-state index in [2.05, 4.69) is 10.5 Å². The van der Waals surface area contributed by atoms with Gasteiger partial charge in [0.25, 0.3) is 5.88 Å². The van der Waals surface area contributed by atoms with E-state index in [0.717, 1.165) is 5.56 Å². The van der Waals surface area contributed by atoms with Crippen molar-refractivity contribution in [2.75, 3.05) is 18.9 Å². The van der Waals surface area contributed by atoms with Crippen LogP contribution in [0.5, 0.6) is 5.88 Å². The number of alkyl carbamates (subject to hydrolysis) is 1. The molecule has 0 bridgehead atoms. The first-order valence-electron chi connectivity index (χ1n) is 7.26. The molecule has 0 radical (unpaired) electrons. The molecule has 7 heteroatoms. The summed E-state index contributed by atoms with van der Waals surface area (Å²) in [5, 5.41) is 6.41. The molecule has 7 nitrogen and oxygen atoms in total. The van der Waals surface area contributed by atoms with Crippen molar-refractivity contribution < 1.29 is 18.8 Å². The lowest BCUT2D eigenvalue weighted by Crippen LogP contribution is -2.34. The van der Waals surface area contributed by atoms with Gasteiger partial charge in [0.05, 0.1) is 6.54 Å². The second-order valence-corrected chi connectivity index (χ2v) is 5.93. The van der Waals surface area contributed by atoms with Gasteiger partial charge < -0.3 is 25.0 Å². The number of nitrogen functional groups attached to an aromatic ring is 1. The highest BCUT2D eigenvalue weighted by Gasteiger charge is 2.15.